The highest BCUT2D eigenvalue weighted by Gasteiger charge is 2.24. The summed E-state index contributed by atoms with van der Waals surface area (Å²) in [6.45, 7) is 5.60. The van der Waals surface area contributed by atoms with E-state index in [-0.39, 0.29) is 23.1 Å². The van der Waals surface area contributed by atoms with Gasteiger partial charge in [0.25, 0.3) is 11.5 Å². The molecule has 6 nitrogen and oxygen atoms in total. The zero-order valence-electron chi connectivity index (χ0n) is 13.5. The Balaban J connectivity index is 1.93. The van der Waals surface area contributed by atoms with Crippen LogP contribution < -0.4 is 5.56 Å². The maximum Gasteiger partial charge on any atom is 0.270 e. The normalized spacial score (nSPS) is 17.6. The number of rotatable bonds is 4. The average molecular weight is 315 g/mol. The molecule has 1 aliphatic rings. The predicted molar refractivity (Wildman–Crippen MR) is 86.8 cm³/mol. The maximum absolute atomic E-state index is 12.7. The molecule has 2 aromatic heterocycles. The Morgan fingerprint density at radius 3 is 3.04 bits per heavy atom. The van der Waals surface area contributed by atoms with Gasteiger partial charge in [0.15, 0.2) is 0 Å². The van der Waals surface area contributed by atoms with Crippen molar-refractivity contribution in [2.75, 3.05) is 19.7 Å². The highest BCUT2D eigenvalue weighted by atomic mass is 16.5. The Kier molecular flexibility index (Phi) is 4.43. The van der Waals surface area contributed by atoms with E-state index in [1.807, 2.05) is 19.9 Å². The van der Waals surface area contributed by atoms with Crippen LogP contribution in [0.25, 0.3) is 5.65 Å². The van der Waals surface area contributed by atoms with Crippen LogP contribution in [0.5, 0.6) is 0 Å². The third-order valence-electron chi connectivity index (χ3n) is 4.27. The third-order valence-corrected chi connectivity index (χ3v) is 4.27. The topological polar surface area (TPSA) is 63.9 Å². The number of carbonyl (C=O) groups excluding carboxylic acids is 1. The minimum absolute atomic E-state index is 0.0670. The Morgan fingerprint density at radius 1 is 1.52 bits per heavy atom. The number of ether oxygens (including phenoxy) is 1. The van der Waals surface area contributed by atoms with Gasteiger partial charge in [0, 0.05) is 32.1 Å². The molecule has 0 spiro atoms. The molecule has 1 amide bonds. The first-order valence-corrected chi connectivity index (χ1v) is 7.99. The van der Waals surface area contributed by atoms with E-state index in [0.29, 0.717) is 18.7 Å². The number of hydrogen-bond acceptors (Lipinski definition) is 4. The van der Waals surface area contributed by atoms with E-state index in [9.17, 15) is 9.59 Å². The number of aryl methyl sites for hydroxylation is 1. The molecule has 0 bridgehead atoms. The van der Waals surface area contributed by atoms with E-state index in [1.54, 1.807) is 17.2 Å². The summed E-state index contributed by atoms with van der Waals surface area (Å²) >= 11 is 0. The lowest BCUT2D eigenvalue weighted by Gasteiger charge is -2.23. The van der Waals surface area contributed by atoms with Crippen LogP contribution in [0.4, 0.5) is 0 Å². The van der Waals surface area contributed by atoms with Gasteiger partial charge < -0.3 is 9.64 Å². The van der Waals surface area contributed by atoms with E-state index in [2.05, 4.69) is 4.98 Å². The number of nitrogens with zero attached hydrogens (tertiary/aromatic N) is 3. The molecule has 1 aliphatic heterocycles. The fraction of sp³-hybridized carbons (Fsp3) is 0.471. The van der Waals surface area contributed by atoms with Gasteiger partial charge >= 0.3 is 0 Å². The first kappa shape index (κ1) is 15.7. The largest absolute Gasteiger partial charge is 0.376 e. The quantitative estimate of drug-likeness (QED) is 0.860. The summed E-state index contributed by atoms with van der Waals surface area (Å²) in [7, 11) is 0. The second-order valence-electron chi connectivity index (χ2n) is 5.84. The Labute approximate surface area is 134 Å². The number of hydrogen-bond donors (Lipinski definition) is 0. The molecule has 1 fully saturated rings. The van der Waals surface area contributed by atoms with Gasteiger partial charge in [-0.05, 0) is 38.3 Å². The smallest absolute Gasteiger partial charge is 0.270 e. The Morgan fingerprint density at radius 2 is 2.35 bits per heavy atom. The van der Waals surface area contributed by atoms with Crippen LogP contribution >= 0.6 is 0 Å². The fourth-order valence-electron chi connectivity index (χ4n) is 2.95. The summed E-state index contributed by atoms with van der Waals surface area (Å²) in [6.07, 6.45) is 5.08. The van der Waals surface area contributed by atoms with Gasteiger partial charge in [-0.1, -0.05) is 6.07 Å². The molecule has 0 N–H and O–H groups in total. The fourth-order valence-corrected chi connectivity index (χ4v) is 2.95. The van der Waals surface area contributed by atoms with E-state index in [4.69, 9.17) is 4.74 Å². The first-order chi connectivity index (χ1) is 11.1. The standard InChI is InChI=1S/C17H21N3O3/c1-3-19(11-13-7-5-9-23-13)16(21)14-10-18-15-12(2)6-4-8-20(15)17(14)22/h4,6,8,10,13H,3,5,7,9,11H2,1-2H3. The second kappa shape index (κ2) is 6.50. The summed E-state index contributed by atoms with van der Waals surface area (Å²) in [5, 5.41) is 0. The molecule has 0 aromatic carbocycles. The number of pyridine rings is 1. The van der Waals surface area contributed by atoms with Crippen molar-refractivity contribution in [2.45, 2.75) is 32.8 Å². The molecule has 6 heteroatoms. The molecule has 0 radical (unpaired) electrons. The first-order valence-electron chi connectivity index (χ1n) is 7.99. The molecular weight excluding hydrogens is 294 g/mol. The second-order valence-corrected chi connectivity index (χ2v) is 5.84. The number of fused-ring (bicyclic) bond motifs is 1. The highest BCUT2D eigenvalue weighted by Crippen LogP contribution is 2.14. The minimum Gasteiger partial charge on any atom is -0.376 e. The average Bonchev–Trinajstić information content (AvgIpc) is 3.06. The van der Waals surface area contributed by atoms with Crippen molar-refractivity contribution in [3.8, 4) is 0 Å². The lowest BCUT2D eigenvalue weighted by Crippen LogP contribution is -2.40. The molecule has 122 valence electrons. The summed E-state index contributed by atoms with van der Waals surface area (Å²) in [6, 6.07) is 3.67. The molecule has 1 atom stereocenters. The summed E-state index contributed by atoms with van der Waals surface area (Å²) in [4.78, 5) is 31.3. The van der Waals surface area contributed by atoms with E-state index < -0.39 is 0 Å². The van der Waals surface area contributed by atoms with Gasteiger partial charge in [-0.25, -0.2) is 4.98 Å². The van der Waals surface area contributed by atoms with Crippen LogP contribution in [0.1, 0.15) is 35.7 Å². The lowest BCUT2D eigenvalue weighted by atomic mass is 10.2. The van der Waals surface area contributed by atoms with Crippen LogP contribution in [0.3, 0.4) is 0 Å². The van der Waals surface area contributed by atoms with Gasteiger partial charge in [0.1, 0.15) is 11.2 Å². The van der Waals surface area contributed by atoms with Gasteiger partial charge in [-0.2, -0.15) is 0 Å². The van der Waals surface area contributed by atoms with Crippen molar-refractivity contribution in [2.24, 2.45) is 0 Å². The molecule has 2 aromatic rings. The van der Waals surface area contributed by atoms with Gasteiger partial charge in [-0.3, -0.25) is 14.0 Å². The van der Waals surface area contributed by atoms with Crippen LogP contribution in [0.2, 0.25) is 0 Å². The SMILES string of the molecule is CCN(CC1CCCO1)C(=O)c1cnc2c(C)cccn2c1=O. The minimum atomic E-state index is -0.325. The van der Waals surface area contributed by atoms with Crippen LogP contribution in [0, 0.1) is 6.92 Å². The third kappa shape index (κ3) is 2.99. The summed E-state index contributed by atoms with van der Waals surface area (Å²) in [5.41, 5.74) is 1.26. The van der Waals surface area contributed by atoms with Crippen LogP contribution in [-0.2, 0) is 4.74 Å². The molecule has 3 heterocycles. The van der Waals surface area contributed by atoms with Gasteiger partial charge in [0.2, 0.25) is 0 Å². The van der Waals surface area contributed by atoms with Crippen molar-refractivity contribution in [3.63, 3.8) is 0 Å². The van der Waals surface area contributed by atoms with E-state index >= 15 is 0 Å². The van der Waals surface area contributed by atoms with Crippen molar-refractivity contribution in [3.05, 3.63) is 46.0 Å². The number of carbonyl (C=O) groups is 1. The van der Waals surface area contributed by atoms with Crippen LogP contribution in [-0.4, -0.2) is 46.0 Å². The summed E-state index contributed by atoms with van der Waals surface area (Å²) < 4.78 is 7.03. The maximum atomic E-state index is 12.7. The predicted octanol–water partition coefficient (Wildman–Crippen LogP) is 1.64. The van der Waals surface area contributed by atoms with Crippen molar-refractivity contribution < 1.29 is 9.53 Å². The van der Waals surface area contributed by atoms with Crippen molar-refractivity contribution in [1.29, 1.82) is 0 Å². The highest BCUT2D eigenvalue weighted by molar-refractivity contribution is 5.93. The number of amides is 1. The lowest BCUT2D eigenvalue weighted by molar-refractivity contribution is 0.0537. The van der Waals surface area contributed by atoms with Gasteiger partial charge in [0.05, 0.1) is 6.10 Å². The molecule has 0 saturated carbocycles. The van der Waals surface area contributed by atoms with Crippen molar-refractivity contribution in [1.82, 2.24) is 14.3 Å². The molecule has 3 rings (SSSR count). The van der Waals surface area contributed by atoms with Crippen molar-refractivity contribution >= 4 is 11.6 Å². The Hall–Kier alpha value is -2.21. The molecular formula is C17H21N3O3. The monoisotopic (exact) mass is 315 g/mol. The molecule has 0 aliphatic carbocycles. The van der Waals surface area contributed by atoms with E-state index in [0.717, 1.165) is 25.0 Å². The molecule has 1 saturated heterocycles. The number of aromatic nitrogens is 2. The summed E-state index contributed by atoms with van der Waals surface area (Å²) in [5.74, 6) is -0.281. The Bertz CT molecular complexity index is 778. The van der Waals surface area contributed by atoms with E-state index in [1.165, 1.54) is 10.6 Å². The molecule has 23 heavy (non-hydrogen) atoms. The zero-order valence-corrected chi connectivity index (χ0v) is 13.5. The van der Waals surface area contributed by atoms with Crippen LogP contribution in [0.15, 0.2) is 29.3 Å². The number of likely N-dealkylation sites (N-methyl/N-ethyl adjacent to an activating group) is 1. The molecule has 1 unspecified atom stereocenters. The zero-order chi connectivity index (χ0) is 16.4. The van der Waals surface area contributed by atoms with Gasteiger partial charge in [-0.15, -0.1) is 0 Å².